The fourth-order valence-corrected chi connectivity index (χ4v) is 6.79. The molecule has 3 aliphatic rings. The predicted molar refractivity (Wildman–Crippen MR) is 185 cm³/mol. The first-order valence-corrected chi connectivity index (χ1v) is 17.5. The summed E-state index contributed by atoms with van der Waals surface area (Å²) in [7, 11) is 3.99. The van der Waals surface area contributed by atoms with E-state index in [2.05, 4.69) is 9.80 Å². The third-order valence-corrected chi connectivity index (χ3v) is 10.1. The van der Waals surface area contributed by atoms with Crippen molar-refractivity contribution in [3.8, 4) is 0 Å². The van der Waals surface area contributed by atoms with Gasteiger partial charge in [0.25, 0.3) is 0 Å². The lowest BCUT2D eigenvalue weighted by Gasteiger charge is -2.38. The number of cyclic esters (lactones) is 1. The third-order valence-electron chi connectivity index (χ3n) is 10.1. The van der Waals surface area contributed by atoms with Crippen LogP contribution in [0.25, 0.3) is 6.08 Å². The van der Waals surface area contributed by atoms with Crippen LogP contribution < -0.4 is 4.90 Å². The van der Waals surface area contributed by atoms with E-state index in [-0.39, 0.29) is 42.1 Å². The Kier molecular flexibility index (Phi) is 13.5. The van der Waals surface area contributed by atoms with Gasteiger partial charge in [0.2, 0.25) is 5.91 Å². The molecule has 11 heteroatoms. The van der Waals surface area contributed by atoms with Gasteiger partial charge >= 0.3 is 12.1 Å². The number of ether oxygens (including phenoxy) is 2. The Morgan fingerprint density at radius 3 is 2.38 bits per heavy atom. The van der Waals surface area contributed by atoms with Crippen LogP contribution in [0.5, 0.6) is 0 Å². The molecule has 48 heavy (non-hydrogen) atoms. The molecule has 0 aliphatic carbocycles. The highest BCUT2D eigenvalue weighted by Crippen LogP contribution is 2.29. The maximum atomic E-state index is 15.0. The number of likely N-dealkylation sites (tertiary alicyclic amines) is 1. The van der Waals surface area contributed by atoms with Crippen LogP contribution in [0, 0.1) is 17.7 Å². The minimum absolute atomic E-state index is 0.0767. The quantitative estimate of drug-likeness (QED) is 0.330. The Morgan fingerprint density at radius 1 is 1.02 bits per heavy atom. The number of aliphatic hydroxyl groups is 1. The number of carbonyl (C=O) groups is 3. The topological polar surface area (TPSA) is 103 Å². The number of carbonyl (C=O) groups excluding carboxylic acids is 3. The summed E-state index contributed by atoms with van der Waals surface area (Å²) in [6, 6.07) is 5.08. The molecule has 4 rings (SSSR count). The van der Waals surface area contributed by atoms with E-state index in [0.29, 0.717) is 51.0 Å². The average Bonchev–Trinajstić information content (AvgIpc) is 3.06. The summed E-state index contributed by atoms with van der Waals surface area (Å²) < 4.78 is 27.0. The molecule has 2 saturated heterocycles. The van der Waals surface area contributed by atoms with Crippen molar-refractivity contribution in [2.75, 3.05) is 58.3 Å². The molecule has 1 N–H and O–H groups in total. The number of hydrogen-bond acceptors (Lipinski definition) is 8. The van der Waals surface area contributed by atoms with Crippen molar-refractivity contribution >= 4 is 29.7 Å². The zero-order chi connectivity index (χ0) is 35.0. The Labute approximate surface area is 285 Å². The standard InChI is InChI=1S/C37H55FN4O6/c1-7-34(44)41-14-12-30(13-15-41)40(6)31-22-28(21-29(38)23-31)20-27(4)36-26(3)9-11-33(25(2)8-10-32(43)24-35(45)48-36)47-37(46)42-18-16-39(5)17-19-42/h9,11,20-23,25-26,30,32-33,36,43H,7-8,10,12-19,24H2,1-6H3/b11-9+,27-20+/t25-,26-,32+,33-,36-/m0/s1. The number of benzene rings is 1. The van der Waals surface area contributed by atoms with Gasteiger partial charge in [-0.25, -0.2) is 9.18 Å². The van der Waals surface area contributed by atoms with Gasteiger partial charge < -0.3 is 34.2 Å². The number of piperidine rings is 1. The number of esters is 1. The Balaban J connectivity index is 1.53. The number of amides is 2. The smallest absolute Gasteiger partial charge is 0.410 e. The Bertz CT molecular complexity index is 1320. The van der Waals surface area contributed by atoms with Gasteiger partial charge in [-0.2, -0.15) is 0 Å². The van der Waals surface area contributed by atoms with Crippen LogP contribution in [0.2, 0.25) is 0 Å². The second kappa shape index (κ2) is 17.3. The van der Waals surface area contributed by atoms with E-state index in [0.717, 1.165) is 37.2 Å². The minimum atomic E-state index is -0.883. The number of aliphatic hydroxyl groups excluding tert-OH is 1. The Hall–Kier alpha value is -3.44. The van der Waals surface area contributed by atoms with Gasteiger partial charge in [-0.3, -0.25) is 9.59 Å². The van der Waals surface area contributed by atoms with E-state index < -0.39 is 24.3 Å². The molecule has 1 aromatic carbocycles. The molecule has 0 unspecified atom stereocenters. The highest BCUT2D eigenvalue weighted by molar-refractivity contribution is 5.76. The van der Waals surface area contributed by atoms with Gasteiger partial charge in [0.1, 0.15) is 18.0 Å². The summed E-state index contributed by atoms with van der Waals surface area (Å²) in [6.07, 6.45) is 6.11. The van der Waals surface area contributed by atoms with E-state index in [1.807, 2.05) is 71.0 Å². The van der Waals surface area contributed by atoms with Gasteiger partial charge in [0, 0.05) is 70.4 Å². The third kappa shape index (κ3) is 10.3. The first-order valence-electron chi connectivity index (χ1n) is 17.5. The number of hydrogen-bond donors (Lipinski definition) is 1. The molecule has 2 fully saturated rings. The van der Waals surface area contributed by atoms with E-state index >= 15 is 4.39 Å². The molecule has 5 atom stereocenters. The lowest BCUT2D eigenvalue weighted by Crippen LogP contribution is -2.48. The van der Waals surface area contributed by atoms with Crippen molar-refractivity contribution in [3.05, 3.63) is 47.3 Å². The summed E-state index contributed by atoms with van der Waals surface area (Å²) in [5.74, 6) is -1.09. The molecule has 3 heterocycles. The molecule has 0 saturated carbocycles. The Morgan fingerprint density at radius 2 is 1.71 bits per heavy atom. The molecule has 2 amide bonds. The average molecular weight is 671 g/mol. The van der Waals surface area contributed by atoms with Crippen molar-refractivity contribution < 1.29 is 33.4 Å². The molecule has 0 spiro atoms. The minimum Gasteiger partial charge on any atom is -0.457 e. The second-order valence-electron chi connectivity index (χ2n) is 13.9. The first-order chi connectivity index (χ1) is 22.8. The zero-order valence-electron chi connectivity index (χ0n) is 29.6. The van der Waals surface area contributed by atoms with Crippen molar-refractivity contribution in [1.29, 1.82) is 0 Å². The largest absolute Gasteiger partial charge is 0.457 e. The van der Waals surface area contributed by atoms with Crippen LogP contribution in [0.1, 0.15) is 71.8 Å². The maximum Gasteiger partial charge on any atom is 0.410 e. The normalized spacial score (nSPS) is 27.8. The molecule has 266 valence electrons. The summed E-state index contributed by atoms with van der Waals surface area (Å²) in [6.45, 7) is 11.8. The fraction of sp³-hybridized carbons (Fsp3) is 0.649. The molecular weight excluding hydrogens is 615 g/mol. The molecule has 0 aromatic heterocycles. The van der Waals surface area contributed by atoms with Crippen molar-refractivity contribution in [2.45, 2.75) is 90.6 Å². The van der Waals surface area contributed by atoms with Gasteiger partial charge in [-0.1, -0.05) is 32.9 Å². The van der Waals surface area contributed by atoms with Crippen molar-refractivity contribution in [3.63, 3.8) is 0 Å². The summed E-state index contributed by atoms with van der Waals surface area (Å²) >= 11 is 0. The molecule has 10 nitrogen and oxygen atoms in total. The molecular formula is C37H55FN4O6. The second-order valence-corrected chi connectivity index (χ2v) is 13.9. The van der Waals surface area contributed by atoms with E-state index in [9.17, 15) is 19.5 Å². The fourth-order valence-electron chi connectivity index (χ4n) is 6.79. The van der Waals surface area contributed by atoms with Crippen LogP contribution in [0.3, 0.4) is 0 Å². The number of nitrogens with zero attached hydrogens (tertiary/aromatic N) is 4. The predicted octanol–water partition coefficient (Wildman–Crippen LogP) is 5.10. The molecule has 1 aromatic rings. The van der Waals surface area contributed by atoms with E-state index in [4.69, 9.17) is 9.47 Å². The van der Waals surface area contributed by atoms with E-state index in [1.165, 1.54) is 12.1 Å². The number of halogens is 1. The van der Waals surface area contributed by atoms with Gasteiger partial charge in [-0.05, 0) is 81.0 Å². The number of piperazine rings is 1. The van der Waals surface area contributed by atoms with Crippen molar-refractivity contribution in [2.24, 2.45) is 11.8 Å². The number of likely N-dealkylation sites (N-methyl/N-ethyl adjacent to an activating group) is 1. The van der Waals surface area contributed by atoms with E-state index in [1.54, 1.807) is 4.90 Å². The lowest BCUT2D eigenvalue weighted by molar-refractivity contribution is -0.151. The van der Waals surface area contributed by atoms with Crippen LogP contribution in [0.4, 0.5) is 14.9 Å². The van der Waals surface area contributed by atoms with Crippen LogP contribution in [-0.4, -0.2) is 115 Å². The highest BCUT2D eigenvalue weighted by Gasteiger charge is 2.30. The SMILES string of the molecule is CCC(=O)N1CCC(N(C)c2cc(F)cc(/C=C(\C)[C@H]3OC(=O)C[C@H](O)CC[C@H](C)[C@@H](OC(=O)N4CCN(C)CC4)/C=C/[C@@H]3C)c2)CC1. The number of anilines is 1. The summed E-state index contributed by atoms with van der Waals surface area (Å²) in [5.41, 5.74) is 2.09. The van der Waals surface area contributed by atoms with Gasteiger partial charge in [-0.15, -0.1) is 0 Å². The highest BCUT2D eigenvalue weighted by atomic mass is 19.1. The van der Waals surface area contributed by atoms with Gasteiger partial charge in [0.05, 0.1) is 12.5 Å². The van der Waals surface area contributed by atoms with Gasteiger partial charge in [0.15, 0.2) is 0 Å². The monoisotopic (exact) mass is 670 g/mol. The number of rotatable bonds is 6. The zero-order valence-corrected chi connectivity index (χ0v) is 29.6. The van der Waals surface area contributed by atoms with Crippen molar-refractivity contribution in [1.82, 2.24) is 14.7 Å². The summed E-state index contributed by atoms with van der Waals surface area (Å²) in [5, 5.41) is 10.7. The van der Waals surface area contributed by atoms with Crippen LogP contribution in [0.15, 0.2) is 35.9 Å². The lowest BCUT2D eigenvalue weighted by atomic mass is 9.91. The molecule has 3 aliphatic heterocycles. The van der Waals surface area contributed by atoms with Crippen LogP contribution >= 0.6 is 0 Å². The first kappa shape index (κ1) is 37.4. The van der Waals surface area contributed by atoms with Crippen LogP contribution in [-0.2, 0) is 19.1 Å². The molecule has 0 radical (unpaired) electrons. The summed E-state index contributed by atoms with van der Waals surface area (Å²) in [4.78, 5) is 46.1. The molecule has 0 bridgehead atoms. The maximum absolute atomic E-state index is 15.0.